The van der Waals surface area contributed by atoms with Crippen LogP contribution in [-0.2, 0) is 0 Å². The SMILES string of the molecule is c1ccc(-c2ccccc2N(c2ccc(-c3ccc4ccccc4c3)cc2)c2ccc3sc4c5ccccc5cc(-c5ccccc5)c4c3c2)cc1. The number of hydrogen-bond acceptors (Lipinski definition) is 2. The lowest BCUT2D eigenvalue weighted by atomic mass is 9.95. The molecule has 0 aliphatic heterocycles. The van der Waals surface area contributed by atoms with Crippen LogP contribution >= 0.6 is 11.3 Å². The highest BCUT2D eigenvalue weighted by Gasteiger charge is 2.20. The molecule has 0 fully saturated rings. The molecule has 244 valence electrons. The molecule has 2 heteroatoms. The molecule has 10 rings (SSSR count). The zero-order valence-electron chi connectivity index (χ0n) is 28.4. The van der Waals surface area contributed by atoms with Crippen LogP contribution in [0.2, 0.25) is 0 Å². The minimum absolute atomic E-state index is 1.11. The normalized spacial score (nSPS) is 11.5. The highest BCUT2D eigenvalue weighted by molar-refractivity contribution is 7.26. The fourth-order valence-corrected chi connectivity index (χ4v) is 8.96. The Bertz CT molecular complexity index is 2890. The third-order valence-corrected chi connectivity index (χ3v) is 11.4. The van der Waals surface area contributed by atoms with E-state index in [4.69, 9.17) is 0 Å². The summed E-state index contributed by atoms with van der Waals surface area (Å²) in [6.45, 7) is 0. The molecule has 1 nitrogen and oxygen atoms in total. The van der Waals surface area contributed by atoms with Gasteiger partial charge in [-0.2, -0.15) is 0 Å². The molecule has 0 aliphatic carbocycles. The van der Waals surface area contributed by atoms with E-state index in [2.05, 4.69) is 205 Å². The van der Waals surface area contributed by atoms with Crippen LogP contribution < -0.4 is 4.90 Å². The Hall–Kier alpha value is -6.48. The summed E-state index contributed by atoms with van der Waals surface area (Å²) in [5.41, 5.74) is 10.7. The van der Waals surface area contributed by atoms with E-state index in [0.29, 0.717) is 0 Å². The van der Waals surface area contributed by atoms with Gasteiger partial charge in [-0.05, 0) is 97.9 Å². The number of rotatable bonds is 6. The van der Waals surface area contributed by atoms with Crippen LogP contribution in [0.25, 0.3) is 75.1 Å². The highest BCUT2D eigenvalue weighted by atomic mass is 32.1. The van der Waals surface area contributed by atoms with Gasteiger partial charge in [0.1, 0.15) is 0 Å². The minimum Gasteiger partial charge on any atom is -0.310 e. The second kappa shape index (κ2) is 12.7. The van der Waals surface area contributed by atoms with Crippen molar-refractivity contribution in [2.75, 3.05) is 4.90 Å². The van der Waals surface area contributed by atoms with Crippen molar-refractivity contribution in [1.82, 2.24) is 0 Å². The van der Waals surface area contributed by atoms with Gasteiger partial charge in [-0.15, -0.1) is 11.3 Å². The summed E-state index contributed by atoms with van der Waals surface area (Å²) >= 11 is 1.89. The number of fused-ring (bicyclic) bond motifs is 6. The number of hydrogen-bond donors (Lipinski definition) is 0. The average molecular weight is 680 g/mol. The predicted octanol–water partition coefficient (Wildman–Crippen LogP) is 14.8. The summed E-state index contributed by atoms with van der Waals surface area (Å²) in [4.78, 5) is 2.43. The summed E-state index contributed by atoms with van der Waals surface area (Å²) in [5, 5.41) is 7.67. The Morgan fingerprint density at radius 1 is 0.346 bits per heavy atom. The van der Waals surface area contributed by atoms with E-state index in [1.807, 2.05) is 11.3 Å². The number of para-hydroxylation sites is 1. The van der Waals surface area contributed by atoms with Crippen molar-refractivity contribution in [1.29, 1.82) is 0 Å². The Morgan fingerprint density at radius 3 is 1.75 bits per heavy atom. The zero-order valence-corrected chi connectivity index (χ0v) is 29.2. The lowest BCUT2D eigenvalue weighted by Crippen LogP contribution is -2.11. The van der Waals surface area contributed by atoms with Gasteiger partial charge in [0.25, 0.3) is 0 Å². The molecule has 0 spiro atoms. The van der Waals surface area contributed by atoms with Crippen molar-refractivity contribution in [3.63, 3.8) is 0 Å². The van der Waals surface area contributed by atoms with Gasteiger partial charge < -0.3 is 4.90 Å². The standard InChI is InChI=1S/C50H33NS/c1-3-14-36(15-4-1)43-20-11-12-22-47(43)51(41-27-25-35(26-28-41)39-24-23-34-13-7-8-18-38(34)31-39)42-29-30-48-46(33-42)49-45(37-16-5-2-6-17-37)32-40-19-9-10-21-44(40)50(49)52-48/h1-33H. The number of benzene rings is 9. The first-order chi connectivity index (χ1) is 25.8. The molecule has 0 aliphatic rings. The Labute approximate surface area is 307 Å². The fourth-order valence-electron chi connectivity index (χ4n) is 7.71. The Balaban J connectivity index is 1.19. The summed E-state index contributed by atoms with van der Waals surface area (Å²) < 4.78 is 2.62. The molecule has 0 atom stereocenters. The Morgan fingerprint density at radius 2 is 0.962 bits per heavy atom. The van der Waals surface area contributed by atoms with Crippen molar-refractivity contribution in [2.24, 2.45) is 0 Å². The highest BCUT2D eigenvalue weighted by Crippen LogP contribution is 2.47. The van der Waals surface area contributed by atoms with E-state index >= 15 is 0 Å². The smallest absolute Gasteiger partial charge is 0.0540 e. The number of anilines is 3. The lowest BCUT2D eigenvalue weighted by Gasteiger charge is -2.28. The van der Waals surface area contributed by atoms with E-state index in [0.717, 1.165) is 17.1 Å². The van der Waals surface area contributed by atoms with Crippen LogP contribution in [0, 0.1) is 0 Å². The van der Waals surface area contributed by atoms with E-state index < -0.39 is 0 Å². The van der Waals surface area contributed by atoms with Gasteiger partial charge in [0.15, 0.2) is 0 Å². The number of nitrogens with zero attached hydrogens (tertiary/aromatic N) is 1. The quantitative estimate of drug-likeness (QED) is 0.169. The maximum atomic E-state index is 2.43. The summed E-state index contributed by atoms with van der Waals surface area (Å²) in [5.74, 6) is 0. The van der Waals surface area contributed by atoms with Gasteiger partial charge in [0.05, 0.1) is 5.69 Å². The molecule has 0 amide bonds. The van der Waals surface area contributed by atoms with Crippen LogP contribution in [0.5, 0.6) is 0 Å². The second-order valence-corrected chi connectivity index (χ2v) is 14.4. The molecule has 0 radical (unpaired) electrons. The molecule has 0 unspecified atom stereocenters. The van der Waals surface area contributed by atoms with Crippen LogP contribution in [0.3, 0.4) is 0 Å². The summed E-state index contributed by atoms with van der Waals surface area (Å²) in [7, 11) is 0. The molecule has 1 aromatic heterocycles. The van der Waals surface area contributed by atoms with Gasteiger partial charge in [-0.3, -0.25) is 0 Å². The Kier molecular flexibility index (Phi) is 7.41. The number of thiophene rings is 1. The van der Waals surface area contributed by atoms with Crippen LogP contribution in [-0.4, -0.2) is 0 Å². The van der Waals surface area contributed by atoms with Crippen molar-refractivity contribution < 1.29 is 0 Å². The molecule has 0 N–H and O–H groups in total. The third kappa shape index (κ3) is 5.24. The third-order valence-electron chi connectivity index (χ3n) is 10.2. The van der Waals surface area contributed by atoms with Crippen LogP contribution in [0.15, 0.2) is 200 Å². The summed E-state index contributed by atoms with van der Waals surface area (Å²) in [6, 6.07) is 72.9. The first-order valence-electron chi connectivity index (χ1n) is 17.8. The van der Waals surface area contributed by atoms with E-state index in [9.17, 15) is 0 Å². The predicted molar refractivity (Wildman–Crippen MR) is 225 cm³/mol. The van der Waals surface area contributed by atoms with E-state index in [-0.39, 0.29) is 0 Å². The fraction of sp³-hybridized carbons (Fsp3) is 0. The maximum Gasteiger partial charge on any atom is 0.0540 e. The second-order valence-electron chi connectivity index (χ2n) is 13.3. The molecule has 1 heterocycles. The average Bonchev–Trinajstić information content (AvgIpc) is 3.61. The molecule has 0 saturated carbocycles. The monoisotopic (exact) mass is 679 g/mol. The molecule has 0 saturated heterocycles. The van der Waals surface area contributed by atoms with E-state index in [1.165, 1.54) is 75.1 Å². The van der Waals surface area contributed by atoms with E-state index in [1.54, 1.807) is 0 Å². The molecule has 52 heavy (non-hydrogen) atoms. The minimum atomic E-state index is 1.11. The molecule has 10 aromatic rings. The van der Waals surface area contributed by atoms with Gasteiger partial charge in [0.2, 0.25) is 0 Å². The first kappa shape index (κ1) is 30.4. The van der Waals surface area contributed by atoms with Gasteiger partial charge >= 0.3 is 0 Å². The topological polar surface area (TPSA) is 3.24 Å². The first-order valence-corrected chi connectivity index (χ1v) is 18.6. The summed E-state index contributed by atoms with van der Waals surface area (Å²) in [6.07, 6.45) is 0. The van der Waals surface area contributed by atoms with Crippen LogP contribution in [0.4, 0.5) is 17.1 Å². The molecular weight excluding hydrogens is 647 g/mol. The molecule has 9 aromatic carbocycles. The largest absolute Gasteiger partial charge is 0.310 e. The molecular formula is C50H33NS. The maximum absolute atomic E-state index is 2.43. The van der Waals surface area contributed by atoms with Gasteiger partial charge in [0, 0.05) is 37.1 Å². The van der Waals surface area contributed by atoms with Crippen molar-refractivity contribution in [3.05, 3.63) is 200 Å². The molecule has 0 bridgehead atoms. The van der Waals surface area contributed by atoms with Crippen molar-refractivity contribution >= 4 is 70.1 Å². The van der Waals surface area contributed by atoms with Crippen LogP contribution in [0.1, 0.15) is 0 Å². The lowest BCUT2D eigenvalue weighted by molar-refractivity contribution is 1.29. The van der Waals surface area contributed by atoms with Gasteiger partial charge in [-0.1, -0.05) is 152 Å². The zero-order chi connectivity index (χ0) is 34.4. The van der Waals surface area contributed by atoms with Crippen molar-refractivity contribution in [2.45, 2.75) is 0 Å². The van der Waals surface area contributed by atoms with Crippen molar-refractivity contribution in [3.8, 4) is 33.4 Å². The van der Waals surface area contributed by atoms with Gasteiger partial charge in [-0.25, -0.2) is 0 Å².